The van der Waals surface area contributed by atoms with E-state index in [0.717, 1.165) is 22.7 Å². The van der Waals surface area contributed by atoms with Crippen molar-refractivity contribution in [1.82, 2.24) is 5.32 Å². The molecule has 1 aliphatic heterocycles. The topological polar surface area (TPSA) is 21.3 Å². The van der Waals surface area contributed by atoms with E-state index in [0.29, 0.717) is 0 Å². The Bertz CT molecular complexity index is 918. The molecular formula is C24H21NO. The molecule has 1 heterocycles. The number of ether oxygens (including phenoxy) is 1. The minimum Gasteiger partial charge on any atom is -0.485 e. The lowest BCUT2D eigenvalue weighted by Crippen LogP contribution is -2.27. The molecule has 1 N–H and O–H groups in total. The van der Waals surface area contributed by atoms with Crippen molar-refractivity contribution in [2.24, 2.45) is 0 Å². The highest BCUT2D eigenvalue weighted by atomic mass is 16.5. The molecule has 1 aliphatic carbocycles. The van der Waals surface area contributed by atoms with Gasteiger partial charge in [0.25, 0.3) is 0 Å². The predicted octanol–water partition coefficient (Wildman–Crippen LogP) is 5.36. The fourth-order valence-corrected chi connectivity index (χ4v) is 3.44. The van der Waals surface area contributed by atoms with Crippen LogP contribution in [0.4, 0.5) is 0 Å². The Morgan fingerprint density at radius 1 is 1.00 bits per heavy atom. The van der Waals surface area contributed by atoms with Crippen molar-refractivity contribution < 1.29 is 4.74 Å². The number of allylic oxidation sites excluding steroid dienone is 6. The third kappa shape index (κ3) is 3.14. The molecule has 2 atom stereocenters. The molecule has 0 amide bonds. The Balaban J connectivity index is 1.68. The zero-order valence-corrected chi connectivity index (χ0v) is 14.5. The summed E-state index contributed by atoms with van der Waals surface area (Å²) in [5.74, 6) is 1.16. The summed E-state index contributed by atoms with van der Waals surface area (Å²) in [5, 5.41) is 3.65. The second kappa shape index (κ2) is 7.32. The van der Waals surface area contributed by atoms with Crippen LogP contribution in [-0.4, -0.2) is 6.10 Å². The maximum atomic E-state index is 6.11. The average Bonchev–Trinajstić information content (AvgIpc) is 3.07. The van der Waals surface area contributed by atoms with Gasteiger partial charge in [-0.1, -0.05) is 79.4 Å². The molecule has 2 aliphatic rings. The van der Waals surface area contributed by atoms with E-state index in [1.165, 1.54) is 5.56 Å². The van der Waals surface area contributed by atoms with Gasteiger partial charge in [-0.2, -0.15) is 0 Å². The normalized spacial score (nSPS) is 20.9. The lowest BCUT2D eigenvalue weighted by atomic mass is 9.88. The third-order valence-corrected chi connectivity index (χ3v) is 4.63. The largest absolute Gasteiger partial charge is 0.485 e. The van der Waals surface area contributed by atoms with Gasteiger partial charge in [0.15, 0.2) is 0 Å². The Labute approximate surface area is 154 Å². The van der Waals surface area contributed by atoms with E-state index in [2.05, 4.69) is 60.5 Å². The first kappa shape index (κ1) is 16.2. The monoisotopic (exact) mass is 339 g/mol. The Kier molecular flexibility index (Phi) is 4.57. The second-order valence-electron chi connectivity index (χ2n) is 6.30. The van der Waals surface area contributed by atoms with Crippen LogP contribution < -0.4 is 10.1 Å². The summed E-state index contributed by atoms with van der Waals surface area (Å²) in [5.41, 5.74) is 4.56. The van der Waals surface area contributed by atoms with Crippen molar-refractivity contribution >= 4 is 5.70 Å². The van der Waals surface area contributed by atoms with Gasteiger partial charge >= 0.3 is 0 Å². The smallest absolute Gasteiger partial charge is 0.130 e. The third-order valence-electron chi connectivity index (χ3n) is 4.63. The van der Waals surface area contributed by atoms with Crippen LogP contribution in [0.25, 0.3) is 5.70 Å². The maximum absolute atomic E-state index is 6.11. The van der Waals surface area contributed by atoms with Gasteiger partial charge in [0.2, 0.25) is 0 Å². The summed E-state index contributed by atoms with van der Waals surface area (Å²) < 4.78 is 6.11. The molecule has 2 unspecified atom stereocenters. The standard InChI is InChI=1S/C24H21NO/c1-2-3-5-14-20(18-11-6-4-7-12-18)25-21-15-10-17-23-24(21)19-13-8-9-16-22(19)26-23/h2-17,23-25H,1H2/b5-3-,20-14+. The highest BCUT2D eigenvalue weighted by Gasteiger charge is 2.36. The predicted molar refractivity (Wildman–Crippen MR) is 108 cm³/mol. The molecule has 0 aromatic heterocycles. The number of benzene rings is 2. The van der Waals surface area contributed by atoms with Crippen LogP contribution in [0, 0.1) is 0 Å². The van der Waals surface area contributed by atoms with Gasteiger partial charge < -0.3 is 10.1 Å². The number of hydrogen-bond acceptors (Lipinski definition) is 2. The minimum absolute atomic E-state index is 0.0423. The first-order valence-electron chi connectivity index (χ1n) is 8.82. The van der Waals surface area contributed by atoms with Gasteiger partial charge in [0.1, 0.15) is 11.9 Å². The van der Waals surface area contributed by atoms with E-state index in [-0.39, 0.29) is 12.0 Å². The number of para-hydroxylation sites is 1. The highest BCUT2D eigenvalue weighted by molar-refractivity contribution is 5.68. The number of hydrogen-bond donors (Lipinski definition) is 1. The second-order valence-corrected chi connectivity index (χ2v) is 6.30. The number of nitrogens with one attached hydrogen (secondary N) is 1. The van der Waals surface area contributed by atoms with Gasteiger partial charge in [-0.05, 0) is 29.9 Å². The van der Waals surface area contributed by atoms with E-state index >= 15 is 0 Å². The molecule has 2 aromatic rings. The zero-order valence-electron chi connectivity index (χ0n) is 14.5. The molecule has 2 heteroatoms. The van der Waals surface area contributed by atoms with Crippen LogP contribution in [0.3, 0.4) is 0 Å². The molecule has 0 spiro atoms. The molecule has 2 nitrogen and oxygen atoms in total. The minimum atomic E-state index is 0.0423. The molecule has 0 radical (unpaired) electrons. The zero-order chi connectivity index (χ0) is 17.8. The number of fused-ring (bicyclic) bond motifs is 3. The van der Waals surface area contributed by atoms with Crippen molar-refractivity contribution in [2.75, 3.05) is 0 Å². The molecular weight excluding hydrogens is 318 g/mol. The van der Waals surface area contributed by atoms with Crippen LogP contribution in [0.2, 0.25) is 0 Å². The summed E-state index contributed by atoms with van der Waals surface area (Å²) >= 11 is 0. The SMILES string of the molecule is C=C/C=C\C=C(\NC1=CC=CC2Oc3ccccc3C12)c1ccccc1. The fourth-order valence-electron chi connectivity index (χ4n) is 3.44. The lowest BCUT2D eigenvalue weighted by Gasteiger charge is -2.25. The molecule has 0 fully saturated rings. The Hall–Kier alpha value is -3.26. The summed E-state index contributed by atoms with van der Waals surface area (Å²) in [6.45, 7) is 3.74. The maximum Gasteiger partial charge on any atom is 0.130 e. The van der Waals surface area contributed by atoms with Crippen LogP contribution in [0.5, 0.6) is 5.75 Å². The summed E-state index contributed by atoms with van der Waals surface area (Å²) in [7, 11) is 0. The van der Waals surface area contributed by atoms with Crippen molar-refractivity contribution in [2.45, 2.75) is 12.0 Å². The van der Waals surface area contributed by atoms with Gasteiger partial charge in [-0.25, -0.2) is 0 Å². The van der Waals surface area contributed by atoms with Gasteiger partial charge in [-0.3, -0.25) is 0 Å². The van der Waals surface area contributed by atoms with E-state index in [1.54, 1.807) is 6.08 Å². The first-order valence-corrected chi connectivity index (χ1v) is 8.82. The van der Waals surface area contributed by atoms with Crippen molar-refractivity contribution in [3.05, 3.63) is 121 Å². The van der Waals surface area contributed by atoms with Crippen molar-refractivity contribution in [1.29, 1.82) is 0 Å². The van der Waals surface area contributed by atoms with E-state index in [9.17, 15) is 0 Å². The van der Waals surface area contributed by atoms with Gasteiger partial charge in [-0.15, -0.1) is 0 Å². The van der Waals surface area contributed by atoms with Crippen LogP contribution in [0.15, 0.2) is 109 Å². The highest BCUT2D eigenvalue weighted by Crippen LogP contribution is 2.43. The molecule has 128 valence electrons. The summed E-state index contributed by atoms with van der Waals surface area (Å²) in [6, 6.07) is 18.6. The summed E-state index contributed by atoms with van der Waals surface area (Å²) in [6.07, 6.45) is 14.2. The van der Waals surface area contributed by atoms with Crippen LogP contribution >= 0.6 is 0 Å². The van der Waals surface area contributed by atoms with E-state index in [1.807, 2.05) is 42.5 Å². The summed E-state index contributed by atoms with van der Waals surface area (Å²) in [4.78, 5) is 0. The fraction of sp³-hybridized carbons (Fsp3) is 0.0833. The molecule has 26 heavy (non-hydrogen) atoms. The molecule has 0 saturated carbocycles. The number of rotatable bonds is 5. The molecule has 0 bridgehead atoms. The Morgan fingerprint density at radius 3 is 2.65 bits per heavy atom. The molecule has 2 aromatic carbocycles. The quantitative estimate of drug-likeness (QED) is 0.741. The average molecular weight is 339 g/mol. The Morgan fingerprint density at radius 2 is 1.81 bits per heavy atom. The van der Waals surface area contributed by atoms with Crippen molar-refractivity contribution in [3.63, 3.8) is 0 Å². The lowest BCUT2D eigenvalue weighted by molar-refractivity contribution is 0.263. The van der Waals surface area contributed by atoms with Crippen LogP contribution in [0.1, 0.15) is 17.0 Å². The van der Waals surface area contributed by atoms with Crippen LogP contribution in [-0.2, 0) is 0 Å². The van der Waals surface area contributed by atoms with Gasteiger partial charge in [0.05, 0.1) is 5.92 Å². The van der Waals surface area contributed by atoms with E-state index in [4.69, 9.17) is 4.74 Å². The first-order chi connectivity index (χ1) is 12.9. The van der Waals surface area contributed by atoms with Gasteiger partial charge in [0, 0.05) is 17.0 Å². The van der Waals surface area contributed by atoms with E-state index < -0.39 is 0 Å². The molecule has 4 rings (SSSR count). The van der Waals surface area contributed by atoms with Crippen molar-refractivity contribution in [3.8, 4) is 5.75 Å². The molecule has 0 saturated heterocycles.